The van der Waals surface area contributed by atoms with Crippen LogP contribution in [-0.2, 0) is 9.53 Å². The molecule has 2 heteroatoms. The molecule has 0 aromatic rings. The average Bonchev–Trinajstić information content (AvgIpc) is 2.18. The Balaban J connectivity index is 3.65. The molecule has 0 radical (unpaired) electrons. The number of ether oxygens (including phenoxy) is 1. The first-order valence-corrected chi connectivity index (χ1v) is 6.04. The third kappa shape index (κ3) is 9.51. The summed E-state index contributed by atoms with van der Waals surface area (Å²) < 4.78 is 5.04. The lowest BCUT2D eigenvalue weighted by Gasteiger charge is -2.02. The third-order valence-corrected chi connectivity index (χ3v) is 2.28. The SMILES string of the molecule is CCCCC/C(C)=C/C(=O)OCCCC. The van der Waals surface area contributed by atoms with E-state index in [9.17, 15) is 4.79 Å². The van der Waals surface area contributed by atoms with Crippen LogP contribution in [0.3, 0.4) is 0 Å². The summed E-state index contributed by atoms with van der Waals surface area (Å²) in [4.78, 5) is 11.3. The molecule has 0 unspecified atom stereocenters. The Labute approximate surface area is 93.7 Å². The molecule has 0 saturated heterocycles. The van der Waals surface area contributed by atoms with Gasteiger partial charge in [-0.15, -0.1) is 0 Å². The molecule has 88 valence electrons. The molecule has 0 aromatic heterocycles. The van der Waals surface area contributed by atoms with Crippen LogP contribution in [0.2, 0.25) is 0 Å². The van der Waals surface area contributed by atoms with Crippen molar-refractivity contribution in [1.82, 2.24) is 0 Å². The van der Waals surface area contributed by atoms with Crippen LogP contribution in [0.5, 0.6) is 0 Å². The Hall–Kier alpha value is -0.790. The molecule has 0 amide bonds. The van der Waals surface area contributed by atoms with Crippen LogP contribution in [0.25, 0.3) is 0 Å². The minimum absolute atomic E-state index is 0.183. The fraction of sp³-hybridized carbons (Fsp3) is 0.769. The highest BCUT2D eigenvalue weighted by atomic mass is 16.5. The van der Waals surface area contributed by atoms with E-state index in [0.717, 1.165) is 24.8 Å². The molecule has 0 aliphatic heterocycles. The Morgan fingerprint density at radius 2 is 1.80 bits per heavy atom. The number of allylic oxidation sites excluding steroid dienone is 1. The van der Waals surface area contributed by atoms with Crippen LogP contribution in [-0.4, -0.2) is 12.6 Å². The van der Waals surface area contributed by atoms with Gasteiger partial charge in [-0.2, -0.15) is 0 Å². The standard InChI is InChI=1S/C13H24O2/c1-4-6-8-9-12(3)11-13(14)15-10-7-5-2/h11H,4-10H2,1-3H3/b12-11+. The number of carbonyl (C=O) groups excluding carboxylic acids is 1. The van der Waals surface area contributed by atoms with Crippen molar-refractivity contribution in [2.75, 3.05) is 6.61 Å². The van der Waals surface area contributed by atoms with Gasteiger partial charge in [-0.3, -0.25) is 0 Å². The van der Waals surface area contributed by atoms with Crippen molar-refractivity contribution >= 4 is 5.97 Å². The number of unbranched alkanes of at least 4 members (excludes halogenated alkanes) is 3. The highest BCUT2D eigenvalue weighted by Gasteiger charge is 1.99. The maximum Gasteiger partial charge on any atom is 0.330 e. The molecule has 0 rings (SSSR count). The van der Waals surface area contributed by atoms with Gasteiger partial charge in [0.1, 0.15) is 0 Å². The smallest absolute Gasteiger partial charge is 0.330 e. The molecule has 0 saturated carbocycles. The monoisotopic (exact) mass is 212 g/mol. The maximum absolute atomic E-state index is 11.3. The molecule has 0 spiro atoms. The van der Waals surface area contributed by atoms with Gasteiger partial charge >= 0.3 is 5.97 Å². The van der Waals surface area contributed by atoms with Gasteiger partial charge in [-0.1, -0.05) is 38.7 Å². The minimum Gasteiger partial charge on any atom is -0.463 e. The lowest BCUT2D eigenvalue weighted by atomic mass is 10.1. The van der Waals surface area contributed by atoms with E-state index in [1.54, 1.807) is 6.08 Å². The molecule has 0 bridgehead atoms. The predicted octanol–water partition coefficient (Wildman–Crippen LogP) is 3.86. The van der Waals surface area contributed by atoms with E-state index in [1.807, 2.05) is 6.92 Å². The second kappa shape index (κ2) is 9.75. The van der Waals surface area contributed by atoms with Crippen LogP contribution in [0.4, 0.5) is 0 Å². The van der Waals surface area contributed by atoms with Crippen molar-refractivity contribution in [2.45, 2.75) is 59.3 Å². The summed E-state index contributed by atoms with van der Waals surface area (Å²) in [6.07, 6.45) is 8.27. The lowest BCUT2D eigenvalue weighted by molar-refractivity contribution is -0.137. The molecule has 2 nitrogen and oxygen atoms in total. The van der Waals surface area contributed by atoms with Crippen molar-refractivity contribution in [2.24, 2.45) is 0 Å². The molecule has 0 aliphatic rings. The van der Waals surface area contributed by atoms with Crippen molar-refractivity contribution in [1.29, 1.82) is 0 Å². The van der Waals surface area contributed by atoms with Gasteiger partial charge in [0.2, 0.25) is 0 Å². The van der Waals surface area contributed by atoms with Gasteiger partial charge in [0.25, 0.3) is 0 Å². The van der Waals surface area contributed by atoms with Gasteiger partial charge in [0.15, 0.2) is 0 Å². The van der Waals surface area contributed by atoms with E-state index < -0.39 is 0 Å². The van der Waals surface area contributed by atoms with Gasteiger partial charge in [-0.05, 0) is 26.2 Å². The van der Waals surface area contributed by atoms with Crippen LogP contribution in [0.1, 0.15) is 59.3 Å². The summed E-state index contributed by atoms with van der Waals surface area (Å²) >= 11 is 0. The van der Waals surface area contributed by atoms with Crippen molar-refractivity contribution in [3.8, 4) is 0 Å². The fourth-order valence-electron chi connectivity index (χ4n) is 1.29. The van der Waals surface area contributed by atoms with E-state index in [0.29, 0.717) is 6.61 Å². The largest absolute Gasteiger partial charge is 0.463 e. The topological polar surface area (TPSA) is 26.3 Å². The molecule has 0 aliphatic carbocycles. The van der Waals surface area contributed by atoms with E-state index in [-0.39, 0.29) is 5.97 Å². The summed E-state index contributed by atoms with van der Waals surface area (Å²) in [5.74, 6) is -0.183. The van der Waals surface area contributed by atoms with Crippen LogP contribution in [0.15, 0.2) is 11.6 Å². The zero-order valence-corrected chi connectivity index (χ0v) is 10.3. The zero-order valence-electron chi connectivity index (χ0n) is 10.3. The van der Waals surface area contributed by atoms with Crippen LogP contribution >= 0.6 is 0 Å². The number of hydrogen-bond donors (Lipinski definition) is 0. The highest BCUT2D eigenvalue weighted by molar-refractivity contribution is 5.82. The zero-order chi connectivity index (χ0) is 11.5. The van der Waals surface area contributed by atoms with E-state index >= 15 is 0 Å². The van der Waals surface area contributed by atoms with Gasteiger partial charge in [0.05, 0.1) is 6.61 Å². The Morgan fingerprint density at radius 1 is 1.13 bits per heavy atom. The Bertz CT molecular complexity index is 195. The number of esters is 1. The quantitative estimate of drug-likeness (QED) is 0.347. The van der Waals surface area contributed by atoms with Gasteiger partial charge in [0, 0.05) is 6.08 Å². The third-order valence-electron chi connectivity index (χ3n) is 2.28. The number of rotatable bonds is 8. The summed E-state index contributed by atoms with van der Waals surface area (Å²) in [5, 5.41) is 0. The molecule has 0 fully saturated rings. The van der Waals surface area contributed by atoms with E-state index in [4.69, 9.17) is 4.74 Å². The van der Waals surface area contributed by atoms with Crippen molar-refractivity contribution in [3.63, 3.8) is 0 Å². The molecular formula is C13H24O2. The normalized spacial score (nSPS) is 11.5. The summed E-state index contributed by atoms with van der Waals surface area (Å²) in [6.45, 7) is 6.81. The first-order chi connectivity index (χ1) is 7.20. The van der Waals surface area contributed by atoms with E-state index in [1.165, 1.54) is 19.3 Å². The average molecular weight is 212 g/mol. The summed E-state index contributed by atoms with van der Waals surface area (Å²) in [5.41, 5.74) is 1.13. The molecule has 0 heterocycles. The number of carbonyl (C=O) groups is 1. The fourth-order valence-corrected chi connectivity index (χ4v) is 1.29. The maximum atomic E-state index is 11.3. The molecule has 0 atom stereocenters. The summed E-state index contributed by atoms with van der Waals surface area (Å²) in [6, 6.07) is 0. The van der Waals surface area contributed by atoms with E-state index in [2.05, 4.69) is 13.8 Å². The minimum atomic E-state index is -0.183. The molecular weight excluding hydrogens is 188 g/mol. The second-order valence-electron chi connectivity index (χ2n) is 3.97. The van der Waals surface area contributed by atoms with Crippen molar-refractivity contribution < 1.29 is 9.53 Å². The van der Waals surface area contributed by atoms with Gasteiger partial charge in [-0.25, -0.2) is 4.79 Å². The lowest BCUT2D eigenvalue weighted by Crippen LogP contribution is -2.02. The number of hydrogen-bond acceptors (Lipinski definition) is 2. The first kappa shape index (κ1) is 14.2. The second-order valence-corrected chi connectivity index (χ2v) is 3.97. The predicted molar refractivity (Wildman–Crippen MR) is 63.8 cm³/mol. The molecule has 0 N–H and O–H groups in total. The molecule has 15 heavy (non-hydrogen) atoms. The Kier molecular flexibility index (Phi) is 9.24. The highest BCUT2D eigenvalue weighted by Crippen LogP contribution is 2.08. The first-order valence-electron chi connectivity index (χ1n) is 6.04. The molecule has 0 aromatic carbocycles. The summed E-state index contributed by atoms with van der Waals surface area (Å²) in [7, 11) is 0. The Morgan fingerprint density at radius 3 is 2.40 bits per heavy atom. The van der Waals surface area contributed by atoms with Crippen LogP contribution < -0.4 is 0 Å². The van der Waals surface area contributed by atoms with Crippen molar-refractivity contribution in [3.05, 3.63) is 11.6 Å². The van der Waals surface area contributed by atoms with Gasteiger partial charge < -0.3 is 4.74 Å². The van der Waals surface area contributed by atoms with Crippen LogP contribution in [0, 0.1) is 0 Å².